The van der Waals surface area contributed by atoms with Gasteiger partial charge in [-0.1, -0.05) is 25.0 Å². The van der Waals surface area contributed by atoms with Gasteiger partial charge in [0, 0.05) is 12.6 Å². The molecule has 0 amide bonds. The molecule has 1 saturated carbocycles. The molecule has 16 heavy (non-hydrogen) atoms. The Kier molecular flexibility index (Phi) is 3.37. The van der Waals surface area contributed by atoms with Crippen molar-refractivity contribution in [3.8, 4) is 0 Å². The van der Waals surface area contributed by atoms with Crippen LogP contribution in [0.5, 0.6) is 0 Å². The molecule has 1 aromatic rings. The van der Waals surface area contributed by atoms with Gasteiger partial charge in [0.2, 0.25) is 0 Å². The summed E-state index contributed by atoms with van der Waals surface area (Å²) in [7, 11) is 0. The maximum absolute atomic E-state index is 6.12. The number of hydrogen-bond donors (Lipinski definition) is 1. The van der Waals surface area contributed by atoms with E-state index < -0.39 is 0 Å². The first kappa shape index (κ1) is 11.3. The molecule has 1 aromatic carbocycles. The molecule has 0 unspecified atom stereocenters. The number of nitrogens with two attached hydrogens (primary N) is 1. The summed E-state index contributed by atoms with van der Waals surface area (Å²) in [5.74, 6) is 0. The minimum absolute atomic E-state index is 0.702. The van der Waals surface area contributed by atoms with Crippen molar-refractivity contribution in [3.63, 3.8) is 0 Å². The molecule has 0 saturated heterocycles. The quantitative estimate of drug-likeness (QED) is 0.788. The van der Waals surface area contributed by atoms with Gasteiger partial charge in [-0.05, 0) is 38.3 Å². The molecule has 0 bridgehead atoms. The van der Waals surface area contributed by atoms with Crippen LogP contribution < -0.4 is 10.6 Å². The second-order valence-electron chi connectivity index (χ2n) is 4.74. The lowest BCUT2D eigenvalue weighted by Gasteiger charge is -2.32. The first-order valence-corrected chi connectivity index (χ1v) is 6.35. The highest BCUT2D eigenvalue weighted by Gasteiger charge is 2.23. The number of benzene rings is 1. The van der Waals surface area contributed by atoms with Crippen LogP contribution in [-0.4, -0.2) is 12.6 Å². The zero-order valence-corrected chi connectivity index (χ0v) is 10.4. The van der Waals surface area contributed by atoms with E-state index in [2.05, 4.69) is 24.8 Å². The van der Waals surface area contributed by atoms with E-state index in [0.29, 0.717) is 6.04 Å². The van der Waals surface area contributed by atoms with Crippen molar-refractivity contribution in [1.82, 2.24) is 0 Å². The van der Waals surface area contributed by atoms with Crippen molar-refractivity contribution in [2.75, 3.05) is 17.2 Å². The Morgan fingerprint density at radius 3 is 2.56 bits per heavy atom. The largest absolute Gasteiger partial charge is 0.397 e. The zero-order valence-electron chi connectivity index (χ0n) is 10.4. The molecule has 2 rings (SSSR count). The highest BCUT2D eigenvalue weighted by atomic mass is 15.2. The minimum atomic E-state index is 0.702. The van der Waals surface area contributed by atoms with Crippen molar-refractivity contribution in [3.05, 3.63) is 23.8 Å². The highest BCUT2D eigenvalue weighted by molar-refractivity contribution is 5.71. The van der Waals surface area contributed by atoms with Crippen LogP contribution in [0.3, 0.4) is 0 Å². The molecular formula is C14H22N2. The topological polar surface area (TPSA) is 29.3 Å². The summed E-state index contributed by atoms with van der Waals surface area (Å²) < 4.78 is 0. The molecule has 0 spiro atoms. The maximum Gasteiger partial charge on any atom is 0.0632 e. The Bertz CT molecular complexity index is 334. The Balaban J connectivity index is 2.32. The molecule has 0 aliphatic heterocycles. The Hall–Kier alpha value is -1.18. The summed E-state index contributed by atoms with van der Waals surface area (Å²) in [6.45, 7) is 5.44. The molecule has 2 heteroatoms. The molecule has 0 atom stereocenters. The average molecular weight is 218 g/mol. The number of aryl methyl sites for hydroxylation is 1. The summed E-state index contributed by atoms with van der Waals surface area (Å²) in [5, 5.41) is 0. The summed E-state index contributed by atoms with van der Waals surface area (Å²) in [4.78, 5) is 2.50. The van der Waals surface area contributed by atoms with Crippen molar-refractivity contribution < 1.29 is 0 Å². The van der Waals surface area contributed by atoms with Crippen LogP contribution in [0, 0.1) is 6.92 Å². The summed E-state index contributed by atoms with van der Waals surface area (Å²) in [6.07, 6.45) is 5.38. The van der Waals surface area contributed by atoms with Gasteiger partial charge in [-0.2, -0.15) is 0 Å². The van der Waals surface area contributed by atoms with E-state index in [9.17, 15) is 0 Å². The molecule has 2 N–H and O–H groups in total. The third kappa shape index (κ3) is 2.01. The SMILES string of the molecule is CCN(c1c(C)cccc1N)C1CCCC1. The minimum Gasteiger partial charge on any atom is -0.397 e. The second-order valence-corrected chi connectivity index (χ2v) is 4.74. The Morgan fingerprint density at radius 1 is 1.31 bits per heavy atom. The van der Waals surface area contributed by atoms with Crippen molar-refractivity contribution >= 4 is 11.4 Å². The number of anilines is 2. The Morgan fingerprint density at radius 2 is 2.00 bits per heavy atom. The van der Waals surface area contributed by atoms with Gasteiger partial charge in [0.25, 0.3) is 0 Å². The molecular weight excluding hydrogens is 196 g/mol. The van der Waals surface area contributed by atoms with Gasteiger partial charge in [-0.3, -0.25) is 0 Å². The monoisotopic (exact) mass is 218 g/mol. The van der Waals surface area contributed by atoms with Crippen LogP contribution in [0.15, 0.2) is 18.2 Å². The van der Waals surface area contributed by atoms with Crippen LogP contribution in [0.1, 0.15) is 38.2 Å². The van der Waals surface area contributed by atoms with Gasteiger partial charge in [0.05, 0.1) is 11.4 Å². The van der Waals surface area contributed by atoms with Crippen molar-refractivity contribution in [2.45, 2.75) is 45.6 Å². The number of para-hydroxylation sites is 1. The van der Waals surface area contributed by atoms with E-state index in [1.807, 2.05) is 12.1 Å². The fraction of sp³-hybridized carbons (Fsp3) is 0.571. The molecule has 1 fully saturated rings. The lowest BCUT2D eigenvalue weighted by molar-refractivity contribution is 0.619. The lowest BCUT2D eigenvalue weighted by Crippen LogP contribution is -2.34. The first-order chi connectivity index (χ1) is 7.74. The number of rotatable bonds is 3. The van der Waals surface area contributed by atoms with Gasteiger partial charge < -0.3 is 10.6 Å². The third-order valence-electron chi connectivity index (χ3n) is 3.66. The smallest absolute Gasteiger partial charge is 0.0632 e. The first-order valence-electron chi connectivity index (χ1n) is 6.35. The van der Waals surface area contributed by atoms with Crippen molar-refractivity contribution in [2.24, 2.45) is 0 Å². The Labute approximate surface area is 98.4 Å². The fourth-order valence-corrected chi connectivity index (χ4v) is 2.89. The average Bonchev–Trinajstić information content (AvgIpc) is 2.77. The second kappa shape index (κ2) is 4.77. The standard InChI is InChI=1S/C14H22N2/c1-3-16(12-8-4-5-9-12)14-11(2)7-6-10-13(14)15/h6-7,10,12H,3-5,8-9,15H2,1-2H3. The van der Waals surface area contributed by atoms with E-state index in [1.165, 1.54) is 36.9 Å². The fourth-order valence-electron chi connectivity index (χ4n) is 2.89. The van der Waals surface area contributed by atoms with E-state index >= 15 is 0 Å². The summed E-state index contributed by atoms with van der Waals surface area (Å²) >= 11 is 0. The molecule has 2 nitrogen and oxygen atoms in total. The lowest BCUT2D eigenvalue weighted by atomic mass is 10.1. The van der Waals surface area contributed by atoms with Gasteiger partial charge in [0.15, 0.2) is 0 Å². The van der Waals surface area contributed by atoms with Crippen molar-refractivity contribution in [1.29, 1.82) is 0 Å². The summed E-state index contributed by atoms with van der Waals surface area (Å²) in [5.41, 5.74) is 9.61. The van der Waals surface area contributed by atoms with E-state index in [-0.39, 0.29) is 0 Å². The molecule has 1 aliphatic rings. The zero-order chi connectivity index (χ0) is 11.5. The van der Waals surface area contributed by atoms with E-state index in [1.54, 1.807) is 0 Å². The molecule has 88 valence electrons. The maximum atomic E-state index is 6.12. The summed E-state index contributed by atoms with van der Waals surface area (Å²) in [6, 6.07) is 6.91. The predicted octanol–water partition coefficient (Wildman–Crippen LogP) is 3.35. The normalized spacial score (nSPS) is 16.6. The van der Waals surface area contributed by atoms with Gasteiger partial charge in [-0.25, -0.2) is 0 Å². The van der Waals surface area contributed by atoms with E-state index in [0.717, 1.165) is 12.2 Å². The molecule has 0 heterocycles. The predicted molar refractivity (Wildman–Crippen MR) is 70.9 cm³/mol. The third-order valence-corrected chi connectivity index (χ3v) is 3.66. The van der Waals surface area contributed by atoms with Crippen LogP contribution in [-0.2, 0) is 0 Å². The number of nitrogen functional groups attached to an aromatic ring is 1. The van der Waals surface area contributed by atoms with Crippen LogP contribution in [0.4, 0.5) is 11.4 Å². The van der Waals surface area contributed by atoms with Gasteiger partial charge in [0.1, 0.15) is 0 Å². The van der Waals surface area contributed by atoms with E-state index in [4.69, 9.17) is 5.73 Å². The van der Waals surface area contributed by atoms with Gasteiger partial charge in [-0.15, -0.1) is 0 Å². The van der Waals surface area contributed by atoms with Crippen LogP contribution >= 0.6 is 0 Å². The van der Waals surface area contributed by atoms with Crippen LogP contribution in [0.25, 0.3) is 0 Å². The molecule has 0 aromatic heterocycles. The number of hydrogen-bond acceptors (Lipinski definition) is 2. The molecule has 0 radical (unpaired) electrons. The number of nitrogens with zero attached hydrogens (tertiary/aromatic N) is 1. The van der Waals surface area contributed by atoms with Crippen LogP contribution in [0.2, 0.25) is 0 Å². The molecule has 1 aliphatic carbocycles. The highest BCUT2D eigenvalue weighted by Crippen LogP contribution is 2.33. The van der Waals surface area contributed by atoms with Gasteiger partial charge >= 0.3 is 0 Å².